The van der Waals surface area contributed by atoms with Crippen molar-refractivity contribution in [2.45, 2.75) is 13.5 Å². The van der Waals surface area contributed by atoms with Crippen molar-refractivity contribution in [3.05, 3.63) is 71.4 Å². The zero-order valence-electron chi connectivity index (χ0n) is 11.5. The van der Waals surface area contributed by atoms with Crippen LogP contribution in [0.25, 0.3) is 10.9 Å². The quantitative estimate of drug-likeness (QED) is 0.769. The van der Waals surface area contributed by atoms with E-state index < -0.39 is 11.6 Å². The van der Waals surface area contributed by atoms with Crippen LogP contribution in [0.5, 0.6) is 0 Å². The Morgan fingerprint density at radius 2 is 1.76 bits per heavy atom. The fraction of sp³-hybridized carbons (Fsp3) is 0.118. The molecule has 0 fully saturated rings. The highest BCUT2D eigenvalue weighted by molar-refractivity contribution is 5.91. The van der Waals surface area contributed by atoms with Crippen LogP contribution in [0, 0.1) is 18.6 Å². The van der Waals surface area contributed by atoms with Crippen LogP contribution in [0.15, 0.2) is 48.7 Å². The van der Waals surface area contributed by atoms with Gasteiger partial charge in [0.2, 0.25) is 0 Å². The predicted octanol–water partition coefficient (Wildman–Crippen LogP) is 4.43. The molecule has 21 heavy (non-hydrogen) atoms. The monoisotopic (exact) mass is 284 g/mol. The minimum Gasteiger partial charge on any atom is -0.380 e. The number of nitrogens with zero attached hydrogens (tertiary/aromatic N) is 1. The molecule has 3 rings (SSSR count). The van der Waals surface area contributed by atoms with E-state index in [4.69, 9.17) is 0 Å². The van der Waals surface area contributed by atoms with Gasteiger partial charge in [-0.15, -0.1) is 0 Å². The molecule has 0 spiro atoms. The lowest BCUT2D eigenvalue weighted by Gasteiger charge is -2.12. The van der Waals surface area contributed by atoms with Crippen molar-refractivity contribution >= 4 is 16.6 Å². The number of nitrogens with one attached hydrogen (secondary N) is 1. The summed E-state index contributed by atoms with van der Waals surface area (Å²) in [6.07, 6.45) is 1.48. The van der Waals surface area contributed by atoms with E-state index in [2.05, 4.69) is 10.3 Å². The highest BCUT2D eigenvalue weighted by Crippen LogP contribution is 2.27. The molecule has 2 nitrogen and oxygen atoms in total. The lowest BCUT2D eigenvalue weighted by Crippen LogP contribution is -2.03. The highest BCUT2D eigenvalue weighted by Gasteiger charge is 2.11. The summed E-state index contributed by atoms with van der Waals surface area (Å²) in [5, 5.41) is 3.35. The van der Waals surface area contributed by atoms with Crippen LogP contribution in [0.4, 0.5) is 14.5 Å². The number of hydrogen-bond acceptors (Lipinski definition) is 2. The summed E-state index contributed by atoms with van der Waals surface area (Å²) >= 11 is 0. The first-order chi connectivity index (χ1) is 10.2. The summed E-state index contributed by atoms with van der Waals surface area (Å²) in [7, 11) is 0. The first-order valence-corrected chi connectivity index (χ1v) is 6.68. The normalized spacial score (nSPS) is 10.8. The molecule has 0 saturated heterocycles. The van der Waals surface area contributed by atoms with Gasteiger partial charge in [0.1, 0.15) is 17.2 Å². The molecule has 0 unspecified atom stereocenters. The number of rotatable bonds is 3. The molecule has 0 atom stereocenters. The summed E-state index contributed by atoms with van der Waals surface area (Å²) in [6.45, 7) is 2.56. The summed E-state index contributed by atoms with van der Waals surface area (Å²) in [5.74, 6) is -1.00. The van der Waals surface area contributed by atoms with Gasteiger partial charge in [0, 0.05) is 18.4 Å². The predicted molar refractivity (Wildman–Crippen MR) is 80.2 cm³/mol. The highest BCUT2D eigenvalue weighted by atomic mass is 19.1. The van der Waals surface area contributed by atoms with Crippen LogP contribution in [-0.2, 0) is 6.54 Å². The van der Waals surface area contributed by atoms with Crippen LogP contribution >= 0.6 is 0 Å². The summed E-state index contributed by atoms with van der Waals surface area (Å²) in [6, 6.07) is 11.8. The second-order valence-corrected chi connectivity index (χ2v) is 4.89. The Morgan fingerprint density at radius 1 is 1.00 bits per heavy atom. The van der Waals surface area contributed by atoms with E-state index in [9.17, 15) is 8.78 Å². The first kappa shape index (κ1) is 13.5. The van der Waals surface area contributed by atoms with Gasteiger partial charge >= 0.3 is 0 Å². The maximum absolute atomic E-state index is 14.0. The van der Waals surface area contributed by atoms with E-state index in [-0.39, 0.29) is 10.9 Å². The smallest absolute Gasteiger partial charge is 0.149 e. The van der Waals surface area contributed by atoms with E-state index in [0.29, 0.717) is 12.2 Å². The van der Waals surface area contributed by atoms with E-state index in [1.54, 1.807) is 6.07 Å². The molecule has 106 valence electrons. The van der Waals surface area contributed by atoms with Crippen LogP contribution in [-0.4, -0.2) is 4.98 Å². The molecule has 2 aromatic carbocycles. The number of aryl methyl sites for hydroxylation is 1. The lowest BCUT2D eigenvalue weighted by molar-refractivity contribution is 0.615. The van der Waals surface area contributed by atoms with Crippen molar-refractivity contribution in [3.8, 4) is 0 Å². The molecular formula is C17H14F2N2. The number of pyridine rings is 1. The summed E-state index contributed by atoms with van der Waals surface area (Å²) in [4.78, 5) is 3.92. The molecule has 1 heterocycles. The molecule has 0 amide bonds. The van der Waals surface area contributed by atoms with Gasteiger partial charge in [-0.25, -0.2) is 8.78 Å². The zero-order chi connectivity index (χ0) is 14.8. The van der Waals surface area contributed by atoms with Crippen molar-refractivity contribution in [1.82, 2.24) is 4.98 Å². The number of anilines is 1. The Bertz CT molecular complexity index is 800. The molecular weight excluding hydrogens is 270 g/mol. The van der Waals surface area contributed by atoms with Crippen LogP contribution < -0.4 is 5.32 Å². The van der Waals surface area contributed by atoms with Crippen molar-refractivity contribution in [2.24, 2.45) is 0 Å². The molecule has 0 aliphatic heterocycles. The van der Waals surface area contributed by atoms with Crippen molar-refractivity contribution < 1.29 is 8.78 Å². The first-order valence-electron chi connectivity index (χ1n) is 6.68. The van der Waals surface area contributed by atoms with Crippen LogP contribution in [0.1, 0.15) is 11.1 Å². The number of fused-ring (bicyclic) bond motifs is 1. The summed E-state index contributed by atoms with van der Waals surface area (Å²) in [5.41, 5.74) is 2.85. The second kappa shape index (κ2) is 5.48. The molecule has 0 aliphatic rings. The number of aromatic nitrogens is 1. The van der Waals surface area contributed by atoms with Gasteiger partial charge in [-0.3, -0.25) is 4.98 Å². The third-order valence-electron chi connectivity index (χ3n) is 3.52. The average molecular weight is 284 g/mol. The SMILES string of the molecule is Cc1ccccc1CNc1ccnc2c(F)ccc(F)c12. The Kier molecular flexibility index (Phi) is 3.52. The van der Waals surface area contributed by atoms with E-state index in [0.717, 1.165) is 23.3 Å². The van der Waals surface area contributed by atoms with Gasteiger partial charge in [0.05, 0.1) is 5.39 Å². The Labute approximate surface area is 121 Å². The number of hydrogen-bond donors (Lipinski definition) is 1. The fourth-order valence-corrected chi connectivity index (χ4v) is 2.34. The molecule has 1 aromatic heterocycles. The molecule has 1 N–H and O–H groups in total. The molecule has 0 bridgehead atoms. The van der Waals surface area contributed by atoms with Crippen LogP contribution in [0.2, 0.25) is 0 Å². The summed E-state index contributed by atoms with van der Waals surface area (Å²) < 4.78 is 27.7. The maximum atomic E-state index is 14.0. The third kappa shape index (κ3) is 2.57. The Hall–Kier alpha value is -2.49. The lowest BCUT2D eigenvalue weighted by atomic mass is 10.1. The molecule has 0 radical (unpaired) electrons. The molecule has 4 heteroatoms. The van der Waals surface area contributed by atoms with Crippen molar-refractivity contribution in [3.63, 3.8) is 0 Å². The third-order valence-corrected chi connectivity index (χ3v) is 3.52. The largest absolute Gasteiger partial charge is 0.380 e. The Balaban J connectivity index is 1.98. The number of benzene rings is 2. The molecule has 0 saturated carbocycles. The second-order valence-electron chi connectivity index (χ2n) is 4.89. The van der Waals surface area contributed by atoms with E-state index in [1.165, 1.54) is 6.20 Å². The van der Waals surface area contributed by atoms with Crippen molar-refractivity contribution in [2.75, 3.05) is 5.32 Å². The fourth-order valence-electron chi connectivity index (χ4n) is 2.34. The topological polar surface area (TPSA) is 24.9 Å². The average Bonchev–Trinajstić information content (AvgIpc) is 2.50. The van der Waals surface area contributed by atoms with Gasteiger partial charge in [0.15, 0.2) is 0 Å². The van der Waals surface area contributed by atoms with Gasteiger partial charge in [-0.2, -0.15) is 0 Å². The Morgan fingerprint density at radius 3 is 2.57 bits per heavy atom. The minimum atomic E-state index is -0.522. The van der Waals surface area contributed by atoms with Crippen LogP contribution in [0.3, 0.4) is 0 Å². The van der Waals surface area contributed by atoms with Gasteiger partial charge in [-0.05, 0) is 36.2 Å². The van der Waals surface area contributed by atoms with Gasteiger partial charge in [0.25, 0.3) is 0 Å². The van der Waals surface area contributed by atoms with Gasteiger partial charge < -0.3 is 5.32 Å². The standard InChI is InChI=1S/C17H14F2N2/c1-11-4-2-3-5-12(11)10-21-15-8-9-20-17-14(19)7-6-13(18)16(15)17/h2-9H,10H2,1H3,(H,20,21). The number of halogens is 2. The molecule has 3 aromatic rings. The van der Waals surface area contributed by atoms with E-state index >= 15 is 0 Å². The molecule has 0 aliphatic carbocycles. The zero-order valence-corrected chi connectivity index (χ0v) is 11.5. The van der Waals surface area contributed by atoms with E-state index in [1.807, 2.05) is 31.2 Å². The minimum absolute atomic E-state index is 0.0461. The maximum Gasteiger partial charge on any atom is 0.149 e. The van der Waals surface area contributed by atoms with Crippen molar-refractivity contribution in [1.29, 1.82) is 0 Å². The van der Waals surface area contributed by atoms with Gasteiger partial charge in [-0.1, -0.05) is 24.3 Å².